The van der Waals surface area contributed by atoms with E-state index in [2.05, 4.69) is 20.7 Å². The number of hydrogen-bond acceptors (Lipinski definition) is 2. The summed E-state index contributed by atoms with van der Waals surface area (Å²) in [6, 6.07) is 4.50. The lowest BCUT2D eigenvalue weighted by Gasteiger charge is -2.11. The van der Waals surface area contributed by atoms with Crippen molar-refractivity contribution in [3.8, 4) is 5.75 Å². The molecule has 90 valence electrons. The van der Waals surface area contributed by atoms with Crippen LogP contribution >= 0.6 is 15.9 Å². The van der Waals surface area contributed by atoms with Gasteiger partial charge in [0.15, 0.2) is 0 Å². The lowest BCUT2D eigenvalue weighted by Crippen LogP contribution is -2.17. The lowest BCUT2D eigenvalue weighted by atomic mass is 10.1. The zero-order valence-corrected chi connectivity index (χ0v) is 9.94. The summed E-state index contributed by atoms with van der Waals surface area (Å²) in [4.78, 5) is 0. The third kappa shape index (κ3) is 4.40. The average Bonchev–Trinajstić information content (AvgIpc) is 2.17. The first-order valence-electron chi connectivity index (χ1n) is 4.66. The first-order valence-corrected chi connectivity index (χ1v) is 5.46. The number of aryl methyl sites for hydroxylation is 1. The molecule has 0 aliphatic rings. The summed E-state index contributed by atoms with van der Waals surface area (Å²) in [5.74, 6) is -0.232. The van der Waals surface area contributed by atoms with Gasteiger partial charge < -0.3 is 10.5 Å². The van der Waals surface area contributed by atoms with Crippen molar-refractivity contribution in [1.29, 1.82) is 0 Å². The van der Waals surface area contributed by atoms with Crippen LogP contribution in [-0.4, -0.2) is 12.9 Å². The van der Waals surface area contributed by atoms with E-state index in [4.69, 9.17) is 5.73 Å². The van der Waals surface area contributed by atoms with Crippen LogP contribution in [0, 0.1) is 0 Å². The predicted octanol–water partition coefficient (Wildman–Crippen LogP) is 3.24. The van der Waals surface area contributed by atoms with Gasteiger partial charge in [-0.2, -0.15) is 0 Å². The van der Waals surface area contributed by atoms with E-state index in [1.807, 2.05) is 0 Å². The number of nitrogens with two attached hydrogens (primary N) is 1. The predicted molar refractivity (Wildman–Crippen MR) is 58.2 cm³/mol. The Morgan fingerprint density at radius 1 is 1.31 bits per heavy atom. The maximum atomic E-state index is 12.0. The molecule has 16 heavy (non-hydrogen) atoms. The number of benzene rings is 1. The Bertz CT molecular complexity index is 354. The highest BCUT2D eigenvalue weighted by molar-refractivity contribution is 9.10. The second-order valence-electron chi connectivity index (χ2n) is 3.20. The molecule has 0 radical (unpaired) electrons. The summed E-state index contributed by atoms with van der Waals surface area (Å²) in [6.45, 7) is 0.554. The van der Waals surface area contributed by atoms with Gasteiger partial charge in [-0.15, -0.1) is 13.2 Å². The Labute approximate surface area is 99.7 Å². The lowest BCUT2D eigenvalue weighted by molar-refractivity contribution is -0.274. The van der Waals surface area contributed by atoms with Gasteiger partial charge in [0, 0.05) is 0 Å². The van der Waals surface area contributed by atoms with E-state index in [9.17, 15) is 13.2 Å². The monoisotopic (exact) mass is 297 g/mol. The number of hydrogen-bond donors (Lipinski definition) is 1. The van der Waals surface area contributed by atoms with Crippen molar-refractivity contribution in [2.45, 2.75) is 19.2 Å². The molecule has 0 aromatic heterocycles. The molecule has 2 N–H and O–H groups in total. The molecule has 1 aromatic rings. The van der Waals surface area contributed by atoms with Crippen molar-refractivity contribution in [2.24, 2.45) is 5.73 Å². The summed E-state index contributed by atoms with van der Waals surface area (Å²) in [6.07, 6.45) is -3.13. The minimum absolute atomic E-state index is 0.232. The molecule has 0 spiro atoms. The largest absolute Gasteiger partial charge is 0.573 e. The molecule has 0 atom stereocenters. The van der Waals surface area contributed by atoms with Crippen molar-refractivity contribution >= 4 is 15.9 Å². The number of rotatable bonds is 4. The standard InChI is InChI=1S/C10H11BrF3NO/c11-8-6-7(2-1-5-15)3-4-9(8)16-10(12,13)14/h3-4,6H,1-2,5,15H2. The van der Waals surface area contributed by atoms with Gasteiger partial charge in [-0.05, 0) is 53.0 Å². The Morgan fingerprint density at radius 2 is 2.00 bits per heavy atom. The van der Waals surface area contributed by atoms with Gasteiger partial charge in [-0.3, -0.25) is 0 Å². The molecule has 0 saturated heterocycles. The van der Waals surface area contributed by atoms with Crippen LogP contribution in [0.5, 0.6) is 5.75 Å². The maximum Gasteiger partial charge on any atom is 0.573 e. The first kappa shape index (κ1) is 13.3. The van der Waals surface area contributed by atoms with Crippen molar-refractivity contribution < 1.29 is 17.9 Å². The van der Waals surface area contributed by atoms with Crippen molar-refractivity contribution in [3.63, 3.8) is 0 Å². The van der Waals surface area contributed by atoms with Crippen molar-refractivity contribution in [3.05, 3.63) is 28.2 Å². The van der Waals surface area contributed by atoms with Gasteiger partial charge >= 0.3 is 6.36 Å². The molecule has 1 aromatic carbocycles. The quantitative estimate of drug-likeness (QED) is 0.926. The zero-order chi connectivity index (χ0) is 12.2. The highest BCUT2D eigenvalue weighted by atomic mass is 79.9. The topological polar surface area (TPSA) is 35.2 Å². The molecule has 0 aliphatic heterocycles. The van der Waals surface area contributed by atoms with Gasteiger partial charge in [0.05, 0.1) is 4.47 Å². The van der Waals surface area contributed by atoms with E-state index in [0.717, 1.165) is 18.4 Å². The van der Waals surface area contributed by atoms with Crippen molar-refractivity contribution in [1.82, 2.24) is 0 Å². The van der Waals surface area contributed by atoms with Gasteiger partial charge in [0.25, 0.3) is 0 Å². The van der Waals surface area contributed by atoms with E-state index in [1.54, 1.807) is 12.1 Å². The zero-order valence-electron chi connectivity index (χ0n) is 8.35. The SMILES string of the molecule is NCCCc1ccc(OC(F)(F)F)c(Br)c1. The van der Waals surface area contributed by atoms with Crippen LogP contribution in [0.2, 0.25) is 0 Å². The molecule has 0 heterocycles. The molecule has 0 fully saturated rings. The van der Waals surface area contributed by atoms with Gasteiger partial charge in [0.2, 0.25) is 0 Å². The molecule has 0 unspecified atom stereocenters. The summed E-state index contributed by atoms with van der Waals surface area (Å²) in [5.41, 5.74) is 6.27. The van der Waals surface area contributed by atoms with Crippen LogP contribution in [-0.2, 0) is 6.42 Å². The van der Waals surface area contributed by atoms with E-state index in [0.29, 0.717) is 11.0 Å². The van der Waals surface area contributed by atoms with Crippen LogP contribution in [0.1, 0.15) is 12.0 Å². The maximum absolute atomic E-state index is 12.0. The number of ether oxygens (including phenoxy) is 1. The summed E-state index contributed by atoms with van der Waals surface area (Å²) in [5, 5.41) is 0. The third-order valence-corrected chi connectivity index (χ3v) is 2.51. The normalized spacial score (nSPS) is 11.6. The van der Waals surface area contributed by atoms with Gasteiger partial charge in [-0.1, -0.05) is 6.07 Å². The third-order valence-electron chi connectivity index (χ3n) is 1.89. The van der Waals surface area contributed by atoms with Crippen LogP contribution in [0.25, 0.3) is 0 Å². The van der Waals surface area contributed by atoms with Gasteiger partial charge in [0.1, 0.15) is 5.75 Å². The molecular formula is C10H11BrF3NO. The van der Waals surface area contributed by atoms with Crippen LogP contribution in [0.3, 0.4) is 0 Å². The molecule has 0 saturated carbocycles. The second kappa shape index (κ2) is 5.54. The highest BCUT2D eigenvalue weighted by Crippen LogP contribution is 2.31. The second-order valence-corrected chi connectivity index (χ2v) is 4.06. The molecule has 6 heteroatoms. The van der Waals surface area contributed by atoms with Crippen LogP contribution < -0.4 is 10.5 Å². The first-order chi connectivity index (χ1) is 7.42. The smallest absolute Gasteiger partial charge is 0.405 e. The van der Waals surface area contributed by atoms with E-state index < -0.39 is 6.36 Å². The molecule has 2 nitrogen and oxygen atoms in total. The molecule has 1 rings (SSSR count). The molecule has 0 aliphatic carbocycles. The number of halogens is 4. The fraction of sp³-hybridized carbons (Fsp3) is 0.400. The van der Waals surface area contributed by atoms with Crippen molar-refractivity contribution in [2.75, 3.05) is 6.54 Å². The summed E-state index contributed by atoms with van der Waals surface area (Å²) < 4.78 is 40.0. The molecule has 0 amide bonds. The van der Waals surface area contributed by atoms with Crippen LogP contribution in [0.15, 0.2) is 22.7 Å². The average molecular weight is 298 g/mol. The minimum Gasteiger partial charge on any atom is -0.405 e. The highest BCUT2D eigenvalue weighted by Gasteiger charge is 2.31. The minimum atomic E-state index is -4.67. The Morgan fingerprint density at radius 3 is 2.50 bits per heavy atom. The summed E-state index contributed by atoms with van der Waals surface area (Å²) >= 11 is 3.04. The Balaban J connectivity index is 2.75. The van der Waals surface area contributed by atoms with E-state index in [-0.39, 0.29) is 5.75 Å². The Hall–Kier alpha value is -0.750. The van der Waals surface area contributed by atoms with Crippen LogP contribution in [0.4, 0.5) is 13.2 Å². The number of alkyl halides is 3. The molecular weight excluding hydrogens is 287 g/mol. The fourth-order valence-electron chi connectivity index (χ4n) is 1.21. The fourth-order valence-corrected chi connectivity index (χ4v) is 1.72. The van der Waals surface area contributed by atoms with E-state index >= 15 is 0 Å². The Kier molecular flexibility index (Phi) is 4.61. The van der Waals surface area contributed by atoms with Gasteiger partial charge in [-0.25, -0.2) is 0 Å². The molecule has 0 bridgehead atoms. The summed E-state index contributed by atoms with van der Waals surface area (Å²) in [7, 11) is 0. The van der Waals surface area contributed by atoms with E-state index in [1.165, 1.54) is 6.07 Å².